The van der Waals surface area contributed by atoms with E-state index in [1.165, 1.54) is 6.92 Å². The average Bonchev–Trinajstić information content (AvgIpc) is 2.00. The first-order valence-electron chi connectivity index (χ1n) is 4.64. The van der Waals surface area contributed by atoms with Gasteiger partial charge in [0.15, 0.2) is 0 Å². The van der Waals surface area contributed by atoms with E-state index in [-0.39, 0.29) is 17.2 Å². The summed E-state index contributed by atoms with van der Waals surface area (Å²) in [4.78, 5) is 0. The van der Waals surface area contributed by atoms with Crippen molar-refractivity contribution in [3.63, 3.8) is 0 Å². The molecule has 0 bridgehead atoms. The summed E-state index contributed by atoms with van der Waals surface area (Å²) in [6.45, 7) is 4.82. The molecule has 0 unspecified atom stereocenters. The summed E-state index contributed by atoms with van der Waals surface area (Å²) < 4.78 is 37.6. The summed E-state index contributed by atoms with van der Waals surface area (Å²) in [5, 5.41) is 9.48. The maximum Gasteiger partial charge on any atom is 0.416 e. The van der Waals surface area contributed by atoms with Gasteiger partial charge in [0.1, 0.15) is 5.75 Å². The Balaban J connectivity index is 3.37. The van der Waals surface area contributed by atoms with E-state index in [2.05, 4.69) is 0 Å². The van der Waals surface area contributed by atoms with Gasteiger partial charge in [0, 0.05) is 0 Å². The summed E-state index contributed by atoms with van der Waals surface area (Å²) in [5.41, 5.74) is -0.304. The molecule has 0 amide bonds. The molecule has 1 aromatic carbocycles. The van der Waals surface area contributed by atoms with Crippen molar-refractivity contribution in [1.29, 1.82) is 0 Å². The van der Waals surface area contributed by atoms with E-state index < -0.39 is 11.7 Å². The van der Waals surface area contributed by atoms with Crippen LogP contribution in [0, 0.1) is 6.92 Å². The molecule has 1 aromatic rings. The lowest BCUT2D eigenvalue weighted by molar-refractivity contribution is -0.138. The van der Waals surface area contributed by atoms with Crippen LogP contribution in [0.4, 0.5) is 13.2 Å². The lowest BCUT2D eigenvalue weighted by Gasteiger charge is -2.15. The second kappa shape index (κ2) is 3.76. The lowest BCUT2D eigenvalue weighted by Crippen LogP contribution is -2.08. The SMILES string of the molecule is Cc1cc(O)c(C(C)C)cc1C(F)(F)F. The number of hydrogen-bond donors (Lipinski definition) is 1. The number of hydrogen-bond acceptors (Lipinski definition) is 1. The summed E-state index contributed by atoms with van der Waals surface area (Å²) in [5.74, 6) is -0.206. The van der Waals surface area contributed by atoms with Crippen LogP contribution in [-0.4, -0.2) is 5.11 Å². The van der Waals surface area contributed by atoms with Crippen LogP contribution >= 0.6 is 0 Å². The molecule has 1 nitrogen and oxygen atoms in total. The smallest absolute Gasteiger partial charge is 0.416 e. The molecule has 0 aliphatic heterocycles. The van der Waals surface area contributed by atoms with E-state index in [0.717, 1.165) is 12.1 Å². The predicted octanol–water partition coefficient (Wildman–Crippen LogP) is 3.84. The van der Waals surface area contributed by atoms with Gasteiger partial charge in [-0.1, -0.05) is 13.8 Å². The minimum absolute atomic E-state index is 0.0457. The Kier molecular flexibility index (Phi) is 2.98. The van der Waals surface area contributed by atoms with Crippen LogP contribution in [0.1, 0.15) is 36.5 Å². The normalized spacial score (nSPS) is 12.2. The first-order valence-corrected chi connectivity index (χ1v) is 4.64. The standard InChI is InChI=1S/C11H13F3O/c1-6(2)8-5-9(11(12,13)14)7(3)4-10(8)15/h4-6,15H,1-3H3. The van der Waals surface area contributed by atoms with E-state index in [1.54, 1.807) is 13.8 Å². The molecule has 0 saturated carbocycles. The molecule has 0 radical (unpaired) electrons. The molecule has 0 atom stereocenters. The molecule has 84 valence electrons. The molecule has 0 saturated heterocycles. The zero-order chi connectivity index (χ0) is 11.8. The minimum Gasteiger partial charge on any atom is -0.508 e. The molecule has 15 heavy (non-hydrogen) atoms. The molecule has 0 aliphatic rings. The Labute approximate surface area is 86.5 Å². The van der Waals surface area contributed by atoms with Crippen LogP contribution in [0.5, 0.6) is 5.75 Å². The van der Waals surface area contributed by atoms with E-state index in [9.17, 15) is 18.3 Å². The van der Waals surface area contributed by atoms with Crippen molar-refractivity contribution in [1.82, 2.24) is 0 Å². The van der Waals surface area contributed by atoms with Gasteiger partial charge in [-0.3, -0.25) is 0 Å². The topological polar surface area (TPSA) is 20.2 Å². The van der Waals surface area contributed by atoms with Crippen molar-refractivity contribution >= 4 is 0 Å². The molecule has 1 rings (SSSR count). The second-order valence-electron chi connectivity index (χ2n) is 3.88. The summed E-state index contributed by atoms with van der Waals surface area (Å²) >= 11 is 0. The van der Waals surface area contributed by atoms with Crippen LogP contribution in [0.2, 0.25) is 0 Å². The summed E-state index contributed by atoms with van der Waals surface area (Å²) in [6.07, 6.45) is -4.36. The predicted molar refractivity (Wildman–Crippen MR) is 51.9 cm³/mol. The number of phenolic OH excluding ortho intramolecular Hbond substituents is 1. The van der Waals surface area contributed by atoms with E-state index in [4.69, 9.17) is 0 Å². The number of phenols is 1. The number of aromatic hydroxyl groups is 1. The maximum atomic E-state index is 12.5. The molecular weight excluding hydrogens is 205 g/mol. The highest BCUT2D eigenvalue weighted by Gasteiger charge is 2.33. The lowest BCUT2D eigenvalue weighted by atomic mass is 9.96. The molecule has 0 aliphatic carbocycles. The molecule has 0 fully saturated rings. The van der Waals surface area contributed by atoms with Crippen LogP contribution < -0.4 is 0 Å². The van der Waals surface area contributed by atoms with E-state index >= 15 is 0 Å². The summed E-state index contributed by atoms with van der Waals surface area (Å²) in [7, 11) is 0. The van der Waals surface area contributed by atoms with Crippen LogP contribution in [0.15, 0.2) is 12.1 Å². The van der Waals surface area contributed by atoms with Crippen LogP contribution in [0.25, 0.3) is 0 Å². The largest absolute Gasteiger partial charge is 0.508 e. The van der Waals surface area contributed by atoms with Crippen LogP contribution in [-0.2, 0) is 6.18 Å². The van der Waals surface area contributed by atoms with Gasteiger partial charge in [0.05, 0.1) is 5.56 Å². The third-order valence-electron chi connectivity index (χ3n) is 2.30. The molecule has 1 N–H and O–H groups in total. The minimum atomic E-state index is -4.36. The van der Waals surface area contributed by atoms with Gasteiger partial charge in [-0.05, 0) is 36.1 Å². The Bertz CT molecular complexity index is 367. The number of rotatable bonds is 1. The van der Waals surface area contributed by atoms with E-state index in [0.29, 0.717) is 5.56 Å². The second-order valence-corrected chi connectivity index (χ2v) is 3.88. The van der Waals surface area contributed by atoms with Crippen molar-refractivity contribution < 1.29 is 18.3 Å². The number of aryl methyl sites for hydroxylation is 1. The highest BCUT2D eigenvalue weighted by atomic mass is 19.4. The van der Waals surface area contributed by atoms with Crippen molar-refractivity contribution in [3.8, 4) is 5.75 Å². The summed E-state index contributed by atoms with van der Waals surface area (Å²) in [6, 6.07) is 2.19. The van der Waals surface area contributed by atoms with Crippen molar-refractivity contribution in [2.75, 3.05) is 0 Å². The Morgan fingerprint density at radius 1 is 1.20 bits per heavy atom. The molecule has 0 spiro atoms. The van der Waals surface area contributed by atoms with Gasteiger partial charge in [0.25, 0.3) is 0 Å². The number of benzene rings is 1. The molecule has 0 heterocycles. The third kappa shape index (κ3) is 2.43. The zero-order valence-corrected chi connectivity index (χ0v) is 8.81. The van der Waals surface area contributed by atoms with Crippen molar-refractivity contribution in [3.05, 3.63) is 28.8 Å². The van der Waals surface area contributed by atoms with Gasteiger partial charge >= 0.3 is 6.18 Å². The van der Waals surface area contributed by atoms with Crippen LogP contribution in [0.3, 0.4) is 0 Å². The number of alkyl halides is 3. The molecule has 0 aromatic heterocycles. The fourth-order valence-electron chi connectivity index (χ4n) is 1.48. The average molecular weight is 218 g/mol. The highest BCUT2D eigenvalue weighted by Crippen LogP contribution is 2.37. The van der Waals surface area contributed by atoms with E-state index in [1.807, 2.05) is 0 Å². The zero-order valence-electron chi connectivity index (χ0n) is 8.81. The van der Waals surface area contributed by atoms with Crippen molar-refractivity contribution in [2.45, 2.75) is 32.9 Å². The van der Waals surface area contributed by atoms with Gasteiger partial charge in [-0.25, -0.2) is 0 Å². The number of halogens is 3. The quantitative estimate of drug-likeness (QED) is 0.759. The maximum absolute atomic E-state index is 12.5. The van der Waals surface area contributed by atoms with Gasteiger partial charge in [-0.15, -0.1) is 0 Å². The van der Waals surface area contributed by atoms with Gasteiger partial charge in [0.2, 0.25) is 0 Å². The van der Waals surface area contributed by atoms with Gasteiger partial charge < -0.3 is 5.11 Å². The first-order chi connectivity index (χ1) is 6.73. The third-order valence-corrected chi connectivity index (χ3v) is 2.30. The Morgan fingerprint density at radius 3 is 2.13 bits per heavy atom. The fraction of sp³-hybridized carbons (Fsp3) is 0.455. The Morgan fingerprint density at radius 2 is 1.73 bits per heavy atom. The highest BCUT2D eigenvalue weighted by molar-refractivity contribution is 5.44. The molecule has 4 heteroatoms. The Hall–Kier alpha value is -1.19. The van der Waals surface area contributed by atoms with Gasteiger partial charge in [-0.2, -0.15) is 13.2 Å². The first kappa shape index (κ1) is 11.9. The van der Waals surface area contributed by atoms with Crippen molar-refractivity contribution in [2.24, 2.45) is 0 Å². The molecular formula is C11H13F3O. The monoisotopic (exact) mass is 218 g/mol. The fourth-order valence-corrected chi connectivity index (χ4v) is 1.48.